The maximum Gasteiger partial charge on any atom is 0.131 e. The molecule has 2 aromatic carbocycles. The molecule has 0 heterocycles. The van der Waals surface area contributed by atoms with Gasteiger partial charge in [-0.05, 0) is 17.2 Å². The molecule has 0 unspecified atom stereocenters. The third-order valence-corrected chi connectivity index (χ3v) is 2.74. The second-order valence-electron chi connectivity index (χ2n) is 4.08. The van der Waals surface area contributed by atoms with Crippen LogP contribution in [-0.2, 0) is 6.54 Å². The second-order valence-corrected chi connectivity index (χ2v) is 4.08. The van der Waals surface area contributed by atoms with Gasteiger partial charge in [-0.3, -0.25) is 0 Å². The summed E-state index contributed by atoms with van der Waals surface area (Å²) in [5, 5.41) is 11.7. The molecule has 0 spiro atoms. The lowest BCUT2D eigenvalue weighted by atomic mass is 10.0. The average Bonchev–Trinajstić information content (AvgIpc) is 2.40. The minimum absolute atomic E-state index is 0.0879. The van der Waals surface area contributed by atoms with Crippen molar-refractivity contribution in [3.63, 3.8) is 0 Å². The van der Waals surface area contributed by atoms with Crippen LogP contribution in [-0.4, -0.2) is 18.3 Å². The minimum atomic E-state index is -0.218. The Labute approximate surface area is 106 Å². The zero-order chi connectivity index (χ0) is 12.8. The Morgan fingerprint density at radius 3 is 2.50 bits per heavy atom. The van der Waals surface area contributed by atoms with Gasteiger partial charge in [-0.25, -0.2) is 4.39 Å². The van der Waals surface area contributed by atoms with Gasteiger partial charge in [-0.1, -0.05) is 42.5 Å². The van der Waals surface area contributed by atoms with E-state index in [-0.39, 0.29) is 12.4 Å². The summed E-state index contributed by atoms with van der Waals surface area (Å²) in [6.45, 7) is 1.17. The van der Waals surface area contributed by atoms with Crippen molar-refractivity contribution in [3.05, 3.63) is 59.9 Å². The molecule has 0 aromatic heterocycles. The van der Waals surface area contributed by atoms with E-state index in [1.165, 1.54) is 6.07 Å². The second kappa shape index (κ2) is 6.28. The molecular formula is C15H16FNO. The van der Waals surface area contributed by atoms with Gasteiger partial charge in [0.15, 0.2) is 0 Å². The fraction of sp³-hybridized carbons (Fsp3) is 0.200. The van der Waals surface area contributed by atoms with Crippen LogP contribution in [0.3, 0.4) is 0 Å². The summed E-state index contributed by atoms with van der Waals surface area (Å²) >= 11 is 0. The van der Waals surface area contributed by atoms with E-state index < -0.39 is 0 Å². The topological polar surface area (TPSA) is 32.3 Å². The van der Waals surface area contributed by atoms with E-state index in [1.54, 1.807) is 6.07 Å². The van der Waals surface area contributed by atoms with Crippen LogP contribution in [0.1, 0.15) is 5.56 Å². The Morgan fingerprint density at radius 2 is 1.83 bits per heavy atom. The van der Waals surface area contributed by atoms with Crippen LogP contribution in [0, 0.1) is 5.82 Å². The molecule has 2 nitrogen and oxygen atoms in total. The molecule has 18 heavy (non-hydrogen) atoms. The fourth-order valence-electron chi connectivity index (χ4n) is 1.83. The van der Waals surface area contributed by atoms with Crippen LogP contribution in [0.25, 0.3) is 11.1 Å². The lowest BCUT2D eigenvalue weighted by Gasteiger charge is -2.07. The van der Waals surface area contributed by atoms with E-state index in [0.717, 1.165) is 11.1 Å². The molecule has 2 rings (SSSR count). The highest BCUT2D eigenvalue weighted by Crippen LogP contribution is 2.23. The van der Waals surface area contributed by atoms with Crippen LogP contribution in [0.2, 0.25) is 0 Å². The van der Waals surface area contributed by atoms with Crippen molar-refractivity contribution in [3.8, 4) is 11.1 Å². The molecule has 2 N–H and O–H groups in total. The highest BCUT2D eigenvalue weighted by atomic mass is 19.1. The van der Waals surface area contributed by atoms with Gasteiger partial charge in [0.05, 0.1) is 6.61 Å². The SMILES string of the molecule is OCCNCc1ccc(-c2ccccc2)c(F)c1. The number of nitrogens with one attached hydrogen (secondary N) is 1. The number of hydrogen-bond donors (Lipinski definition) is 2. The third-order valence-electron chi connectivity index (χ3n) is 2.74. The molecule has 0 bridgehead atoms. The van der Waals surface area contributed by atoms with Crippen molar-refractivity contribution in [2.45, 2.75) is 6.54 Å². The van der Waals surface area contributed by atoms with Crippen LogP contribution in [0.15, 0.2) is 48.5 Å². The highest BCUT2D eigenvalue weighted by Gasteiger charge is 2.05. The van der Waals surface area contributed by atoms with Crippen molar-refractivity contribution in [1.82, 2.24) is 5.32 Å². The van der Waals surface area contributed by atoms with Gasteiger partial charge in [0.1, 0.15) is 5.82 Å². The first-order valence-electron chi connectivity index (χ1n) is 5.96. The molecule has 0 saturated heterocycles. The number of benzene rings is 2. The summed E-state index contributed by atoms with van der Waals surface area (Å²) in [6.07, 6.45) is 0. The van der Waals surface area contributed by atoms with Gasteiger partial charge in [-0.2, -0.15) is 0 Å². The Kier molecular flexibility index (Phi) is 4.45. The largest absolute Gasteiger partial charge is 0.395 e. The number of hydrogen-bond acceptors (Lipinski definition) is 2. The highest BCUT2D eigenvalue weighted by molar-refractivity contribution is 5.64. The Morgan fingerprint density at radius 1 is 1.06 bits per heavy atom. The Hall–Kier alpha value is -1.71. The van der Waals surface area contributed by atoms with Gasteiger partial charge in [0, 0.05) is 18.7 Å². The van der Waals surface area contributed by atoms with Gasteiger partial charge < -0.3 is 10.4 Å². The summed E-state index contributed by atoms with van der Waals surface area (Å²) in [5.41, 5.74) is 2.37. The van der Waals surface area contributed by atoms with Gasteiger partial charge in [0.2, 0.25) is 0 Å². The van der Waals surface area contributed by atoms with Gasteiger partial charge >= 0.3 is 0 Å². The summed E-state index contributed by atoms with van der Waals surface area (Å²) in [6, 6.07) is 14.7. The van der Waals surface area contributed by atoms with Crippen molar-refractivity contribution in [1.29, 1.82) is 0 Å². The zero-order valence-electron chi connectivity index (χ0n) is 10.1. The number of aliphatic hydroxyl groups is 1. The average molecular weight is 245 g/mol. The normalized spacial score (nSPS) is 10.6. The summed E-state index contributed by atoms with van der Waals surface area (Å²) in [4.78, 5) is 0. The van der Waals surface area contributed by atoms with Gasteiger partial charge in [0.25, 0.3) is 0 Å². The Bertz CT molecular complexity index is 499. The van der Waals surface area contributed by atoms with E-state index in [0.29, 0.717) is 18.7 Å². The van der Waals surface area contributed by atoms with E-state index in [1.807, 2.05) is 36.4 Å². The van der Waals surface area contributed by atoms with E-state index in [2.05, 4.69) is 5.32 Å². The lowest BCUT2D eigenvalue weighted by Crippen LogP contribution is -2.17. The summed E-state index contributed by atoms with van der Waals surface area (Å²) < 4.78 is 14.0. The number of halogens is 1. The minimum Gasteiger partial charge on any atom is -0.395 e. The van der Waals surface area contributed by atoms with Crippen LogP contribution in [0.4, 0.5) is 4.39 Å². The van der Waals surface area contributed by atoms with E-state index in [4.69, 9.17) is 5.11 Å². The van der Waals surface area contributed by atoms with Gasteiger partial charge in [-0.15, -0.1) is 0 Å². The third kappa shape index (κ3) is 3.15. The molecule has 0 aliphatic heterocycles. The van der Waals surface area contributed by atoms with E-state index >= 15 is 0 Å². The molecule has 0 fully saturated rings. The molecule has 2 aromatic rings. The van der Waals surface area contributed by atoms with Crippen molar-refractivity contribution in [2.75, 3.05) is 13.2 Å². The molecule has 3 heteroatoms. The number of aliphatic hydroxyl groups excluding tert-OH is 1. The molecule has 0 aliphatic rings. The molecule has 0 aliphatic carbocycles. The lowest BCUT2D eigenvalue weighted by molar-refractivity contribution is 0.292. The summed E-state index contributed by atoms with van der Waals surface area (Å²) in [5.74, 6) is -0.218. The fourth-order valence-corrected chi connectivity index (χ4v) is 1.83. The summed E-state index contributed by atoms with van der Waals surface area (Å²) in [7, 11) is 0. The first kappa shape index (κ1) is 12.7. The number of rotatable bonds is 5. The molecule has 0 radical (unpaired) electrons. The van der Waals surface area contributed by atoms with Crippen molar-refractivity contribution < 1.29 is 9.50 Å². The first-order valence-corrected chi connectivity index (χ1v) is 5.96. The van der Waals surface area contributed by atoms with Crippen molar-refractivity contribution >= 4 is 0 Å². The predicted molar refractivity (Wildman–Crippen MR) is 70.6 cm³/mol. The Balaban J connectivity index is 2.15. The first-order chi connectivity index (χ1) is 8.81. The molecule has 0 atom stereocenters. The quantitative estimate of drug-likeness (QED) is 0.793. The maximum atomic E-state index is 14.0. The molecule has 94 valence electrons. The van der Waals surface area contributed by atoms with Crippen LogP contribution in [0.5, 0.6) is 0 Å². The van der Waals surface area contributed by atoms with Crippen LogP contribution >= 0.6 is 0 Å². The molecule has 0 amide bonds. The standard InChI is InChI=1S/C15H16FNO/c16-15-10-12(11-17-8-9-18)6-7-14(15)13-4-2-1-3-5-13/h1-7,10,17-18H,8-9,11H2. The zero-order valence-corrected chi connectivity index (χ0v) is 10.1. The smallest absolute Gasteiger partial charge is 0.131 e. The molecule has 0 saturated carbocycles. The maximum absolute atomic E-state index is 14.0. The molecular weight excluding hydrogens is 229 g/mol. The van der Waals surface area contributed by atoms with Crippen LogP contribution < -0.4 is 5.32 Å². The monoisotopic (exact) mass is 245 g/mol. The van der Waals surface area contributed by atoms with Crippen molar-refractivity contribution in [2.24, 2.45) is 0 Å². The predicted octanol–water partition coefficient (Wildman–Crippen LogP) is 2.57. The van der Waals surface area contributed by atoms with E-state index in [9.17, 15) is 4.39 Å².